The molecule has 0 saturated carbocycles. The zero-order chi connectivity index (χ0) is 12.9. The number of ether oxygens (including phenoxy) is 1. The average Bonchev–Trinajstić information content (AvgIpc) is 2.36. The van der Waals surface area contributed by atoms with Crippen LogP contribution in [0.25, 0.3) is 0 Å². The lowest BCUT2D eigenvalue weighted by Gasteiger charge is -2.28. The van der Waals surface area contributed by atoms with Crippen molar-refractivity contribution in [3.8, 4) is 5.75 Å². The van der Waals surface area contributed by atoms with Crippen LogP contribution in [0.2, 0.25) is 0 Å². The van der Waals surface area contributed by atoms with Crippen LogP contribution in [-0.4, -0.2) is 12.9 Å². The number of aryl methyl sites for hydroxylation is 1. The fourth-order valence-electron chi connectivity index (χ4n) is 1.97. The molecular weight excluding hydrogens is 212 g/mol. The molecule has 0 bridgehead atoms. The molecule has 2 heteroatoms. The van der Waals surface area contributed by atoms with Crippen LogP contribution in [0.1, 0.15) is 44.7 Å². The van der Waals surface area contributed by atoms with Gasteiger partial charge in [0, 0.05) is 0 Å². The molecular formula is C15H22O2. The molecule has 0 radical (unpaired) electrons. The SMILES string of the molecule is CCC(C)(CC)c1ccc(OCC=O)c(C)c1. The molecule has 0 heterocycles. The van der Waals surface area contributed by atoms with Gasteiger partial charge in [-0.1, -0.05) is 32.9 Å². The van der Waals surface area contributed by atoms with E-state index in [2.05, 4.69) is 32.9 Å². The average molecular weight is 234 g/mol. The van der Waals surface area contributed by atoms with Crippen molar-refractivity contribution in [2.24, 2.45) is 0 Å². The van der Waals surface area contributed by atoms with E-state index in [9.17, 15) is 4.79 Å². The Morgan fingerprint density at radius 2 is 1.94 bits per heavy atom. The van der Waals surface area contributed by atoms with Crippen molar-refractivity contribution in [1.82, 2.24) is 0 Å². The maximum absolute atomic E-state index is 10.3. The zero-order valence-electron chi connectivity index (χ0n) is 11.2. The molecule has 1 aromatic carbocycles. The van der Waals surface area contributed by atoms with Crippen molar-refractivity contribution in [3.63, 3.8) is 0 Å². The third-order valence-electron chi connectivity index (χ3n) is 3.74. The Balaban J connectivity index is 2.99. The number of carbonyl (C=O) groups is 1. The van der Waals surface area contributed by atoms with Crippen molar-refractivity contribution in [2.45, 2.75) is 46.0 Å². The summed E-state index contributed by atoms with van der Waals surface area (Å²) in [4.78, 5) is 10.3. The quantitative estimate of drug-likeness (QED) is 0.702. The predicted octanol–water partition coefficient (Wildman–Crippen LogP) is 3.65. The summed E-state index contributed by atoms with van der Waals surface area (Å²) in [6.45, 7) is 8.87. The Morgan fingerprint density at radius 3 is 2.41 bits per heavy atom. The second-order valence-electron chi connectivity index (χ2n) is 4.73. The lowest BCUT2D eigenvalue weighted by molar-refractivity contribution is -0.109. The largest absolute Gasteiger partial charge is 0.486 e. The van der Waals surface area contributed by atoms with Crippen molar-refractivity contribution in [2.75, 3.05) is 6.61 Å². The molecule has 17 heavy (non-hydrogen) atoms. The summed E-state index contributed by atoms with van der Waals surface area (Å²) in [5.74, 6) is 0.801. The van der Waals surface area contributed by atoms with Gasteiger partial charge in [-0.05, 0) is 42.4 Å². The van der Waals surface area contributed by atoms with Gasteiger partial charge in [0.25, 0.3) is 0 Å². The Labute approximate surface area is 104 Å². The van der Waals surface area contributed by atoms with Crippen LogP contribution in [-0.2, 0) is 10.2 Å². The number of benzene rings is 1. The van der Waals surface area contributed by atoms with Gasteiger partial charge in [0.2, 0.25) is 0 Å². The fraction of sp³-hybridized carbons (Fsp3) is 0.533. The first-order valence-corrected chi connectivity index (χ1v) is 6.25. The van der Waals surface area contributed by atoms with Crippen LogP contribution in [0.5, 0.6) is 5.75 Å². The minimum Gasteiger partial charge on any atom is -0.486 e. The molecule has 0 aromatic heterocycles. The van der Waals surface area contributed by atoms with E-state index >= 15 is 0 Å². The van der Waals surface area contributed by atoms with Crippen molar-refractivity contribution in [3.05, 3.63) is 29.3 Å². The third-order valence-corrected chi connectivity index (χ3v) is 3.74. The molecule has 1 rings (SSSR count). The summed E-state index contributed by atoms with van der Waals surface area (Å²) in [5.41, 5.74) is 2.67. The second kappa shape index (κ2) is 5.85. The molecule has 0 aliphatic carbocycles. The maximum atomic E-state index is 10.3. The van der Waals surface area contributed by atoms with Crippen LogP contribution in [0, 0.1) is 6.92 Å². The summed E-state index contributed by atoms with van der Waals surface area (Å²) in [6, 6.07) is 6.25. The molecule has 0 atom stereocenters. The Morgan fingerprint density at radius 1 is 1.29 bits per heavy atom. The standard InChI is InChI=1S/C15H22O2/c1-5-15(4,6-2)13-7-8-14(12(3)11-13)17-10-9-16/h7-9,11H,5-6,10H2,1-4H3. The van der Waals surface area contributed by atoms with Crippen LogP contribution >= 0.6 is 0 Å². The first kappa shape index (κ1) is 13.8. The minimum atomic E-state index is 0.124. The van der Waals surface area contributed by atoms with Gasteiger partial charge in [-0.3, -0.25) is 4.79 Å². The van der Waals surface area contributed by atoms with Crippen LogP contribution in [0.3, 0.4) is 0 Å². The first-order valence-electron chi connectivity index (χ1n) is 6.25. The van der Waals surface area contributed by atoms with Gasteiger partial charge in [-0.25, -0.2) is 0 Å². The summed E-state index contributed by atoms with van der Waals surface area (Å²) >= 11 is 0. The molecule has 0 amide bonds. The van der Waals surface area contributed by atoms with Crippen molar-refractivity contribution >= 4 is 6.29 Å². The Kier molecular flexibility index (Phi) is 4.73. The van der Waals surface area contributed by atoms with Crippen molar-refractivity contribution in [1.29, 1.82) is 0 Å². The van der Waals surface area contributed by atoms with E-state index in [1.807, 2.05) is 13.0 Å². The monoisotopic (exact) mass is 234 g/mol. The van der Waals surface area contributed by atoms with E-state index in [0.717, 1.165) is 30.4 Å². The first-order chi connectivity index (χ1) is 8.07. The Bertz CT molecular complexity index is 379. The number of aldehydes is 1. The summed E-state index contributed by atoms with van der Waals surface area (Å²) < 4.78 is 5.35. The molecule has 0 aliphatic heterocycles. The van der Waals surface area contributed by atoms with Gasteiger partial charge in [0.1, 0.15) is 12.4 Å². The molecule has 0 aliphatic rings. The fourth-order valence-corrected chi connectivity index (χ4v) is 1.97. The molecule has 1 aromatic rings. The molecule has 0 N–H and O–H groups in total. The number of hydrogen-bond acceptors (Lipinski definition) is 2. The number of carbonyl (C=O) groups excluding carboxylic acids is 1. The molecule has 94 valence electrons. The van der Waals surface area contributed by atoms with Gasteiger partial charge >= 0.3 is 0 Å². The maximum Gasteiger partial charge on any atom is 0.157 e. The number of hydrogen-bond donors (Lipinski definition) is 0. The topological polar surface area (TPSA) is 26.3 Å². The summed E-state index contributed by atoms with van der Waals surface area (Å²) in [7, 11) is 0. The van der Waals surface area contributed by atoms with Gasteiger partial charge in [-0.2, -0.15) is 0 Å². The highest BCUT2D eigenvalue weighted by Gasteiger charge is 2.22. The lowest BCUT2D eigenvalue weighted by Crippen LogP contribution is -2.19. The lowest BCUT2D eigenvalue weighted by atomic mass is 9.77. The molecule has 0 unspecified atom stereocenters. The summed E-state index contributed by atoms with van der Waals surface area (Å²) in [5, 5.41) is 0. The smallest absolute Gasteiger partial charge is 0.157 e. The van der Waals surface area contributed by atoms with Gasteiger partial charge in [-0.15, -0.1) is 0 Å². The zero-order valence-corrected chi connectivity index (χ0v) is 11.2. The second-order valence-corrected chi connectivity index (χ2v) is 4.73. The molecule has 0 fully saturated rings. The Hall–Kier alpha value is -1.31. The highest BCUT2D eigenvalue weighted by molar-refractivity contribution is 5.52. The van der Waals surface area contributed by atoms with Crippen molar-refractivity contribution < 1.29 is 9.53 Å². The van der Waals surface area contributed by atoms with Gasteiger partial charge in [0.05, 0.1) is 0 Å². The van der Waals surface area contributed by atoms with E-state index in [0.29, 0.717) is 0 Å². The predicted molar refractivity (Wildman–Crippen MR) is 70.7 cm³/mol. The minimum absolute atomic E-state index is 0.124. The normalized spacial score (nSPS) is 11.3. The van der Waals surface area contributed by atoms with Gasteiger partial charge in [0.15, 0.2) is 6.29 Å². The van der Waals surface area contributed by atoms with Gasteiger partial charge < -0.3 is 4.74 Å². The number of rotatable bonds is 6. The van der Waals surface area contributed by atoms with E-state index in [4.69, 9.17) is 4.74 Å². The summed E-state index contributed by atoms with van der Waals surface area (Å²) in [6.07, 6.45) is 3.02. The highest BCUT2D eigenvalue weighted by Crippen LogP contribution is 2.33. The van der Waals surface area contributed by atoms with E-state index < -0.39 is 0 Å². The van der Waals surface area contributed by atoms with E-state index in [1.54, 1.807) is 0 Å². The van der Waals surface area contributed by atoms with Crippen LogP contribution in [0.4, 0.5) is 0 Å². The van der Waals surface area contributed by atoms with E-state index in [1.165, 1.54) is 5.56 Å². The molecule has 2 nitrogen and oxygen atoms in total. The molecule has 0 saturated heterocycles. The highest BCUT2D eigenvalue weighted by atomic mass is 16.5. The molecule has 0 spiro atoms. The third kappa shape index (κ3) is 3.09. The van der Waals surface area contributed by atoms with E-state index in [-0.39, 0.29) is 12.0 Å². The van der Waals surface area contributed by atoms with Crippen LogP contribution in [0.15, 0.2) is 18.2 Å². The van der Waals surface area contributed by atoms with Crippen LogP contribution < -0.4 is 4.74 Å².